The van der Waals surface area contributed by atoms with Crippen molar-refractivity contribution in [1.82, 2.24) is 0 Å². The fourth-order valence-corrected chi connectivity index (χ4v) is 3.26. The molecule has 4 atom stereocenters. The number of aryl methyl sites for hydroxylation is 1. The molecule has 5 nitrogen and oxygen atoms in total. The van der Waals surface area contributed by atoms with E-state index in [-0.39, 0.29) is 0 Å². The number of carboxylic acids is 1. The molecule has 2 heterocycles. The lowest BCUT2D eigenvalue weighted by atomic mass is 9.78. The number of benzene rings is 1. The SMILES string of the molecule is Cc1ccc(F)cc1NC(=O)[C@H]1[C@@H](C(=O)[O-])[C@H]2CC[C@@H]1O2. The number of carboxylic acid groups (broad SMARTS) is 1. The smallest absolute Gasteiger partial charge is 0.230 e. The Kier molecular flexibility index (Phi) is 3.41. The molecular weight excluding hydrogens is 277 g/mol. The number of anilines is 1. The quantitative estimate of drug-likeness (QED) is 0.885. The first-order chi connectivity index (χ1) is 9.97. The highest BCUT2D eigenvalue weighted by atomic mass is 19.1. The van der Waals surface area contributed by atoms with Gasteiger partial charge in [-0.15, -0.1) is 0 Å². The monoisotopic (exact) mass is 292 g/mol. The van der Waals surface area contributed by atoms with Crippen LogP contribution in [-0.2, 0) is 14.3 Å². The van der Waals surface area contributed by atoms with Gasteiger partial charge in [-0.1, -0.05) is 6.07 Å². The van der Waals surface area contributed by atoms with E-state index in [9.17, 15) is 19.1 Å². The Labute approximate surface area is 121 Å². The maximum Gasteiger partial charge on any atom is 0.230 e. The highest BCUT2D eigenvalue weighted by molar-refractivity contribution is 5.96. The van der Waals surface area contributed by atoms with Crippen molar-refractivity contribution >= 4 is 17.6 Å². The van der Waals surface area contributed by atoms with Crippen LogP contribution >= 0.6 is 0 Å². The van der Waals surface area contributed by atoms with Crippen LogP contribution in [0, 0.1) is 24.6 Å². The van der Waals surface area contributed by atoms with Crippen LogP contribution in [0.4, 0.5) is 10.1 Å². The first-order valence-corrected chi connectivity index (χ1v) is 6.90. The van der Waals surface area contributed by atoms with E-state index < -0.39 is 41.7 Å². The van der Waals surface area contributed by atoms with Crippen LogP contribution in [0.15, 0.2) is 18.2 Å². The Bertz CT molecular complexity index is 603. The average Bonchev–Trinajstić information content (AvgIpc) is 3.03. The number of hydrogen-bond donors (Lipinski definition) is 1. The molecule has 6 heteroatoms. The van der Waals surface area contributed by atoms with Crippen molar-refractivity contribution in [2.75, 3.05) is 5.32 Å². The van der Waals surface area contributed by atoms with Gasteiger partial charge in [0, 0.05) is 17.6 Å². The fourth-order valence-electron chi connectivity index (χ4n) is 3.26. The van der Waals surface area contributed by atoms with Crippen LogP contribution in [0.1, 0.15) is 18.4 Å². The molecule has 112 valence electrons. The van der Waals surface area contributed by atoms with Crippen LogP contribution in [0.3, 0.4) is 0 Å². The van der Waals surface area contributed by atoms with Crippen LogP contribution in [0.5, 0.6) is 0 Å². The number of amides is 1. The molecule has 1 N–H and O–H groups in total. The lowest BCUT2D eigenvalue weighted by Gasteiger charge is -2.27. The molecule has 3 rings (SSSR count). The van der Waals surface area contributed by atoms with Crippen molar-refractivity contribution in [3.05, 3.63) is 29.6 Å². The van der Waals surface area contributed by atoms with Gasteiger partial charge in [0.1, 0.15) is 5.82 Å². The average molecular weight is 292 g/mol. The Morgan fingerprint density at radius 2 is 1.95 bits per heavy atom. The standard InChI is InChI=1S/C15H16FNO4/c1-7-2-3-8(16)6-9(7)17-14(18)12-10-4-5-11(21-10)13(12)15(19)20/h2-3,6,10-13H,4-5H2,1H3,(H,17,18)(H,19,20)/p-1/t10-,11+,12+,13-/m0/s1. The van der Waals surface area contributed by atoms with Crippen molar-refractivity contribution in [3.63, 3.8) is 0 Å². The molecule has 0 radical (unpaired) electrons. The van der Waals surface area contributed by atoms with Gasteiger partial charge in [-0.3, -0.25) is 4.79 Å². The first-order valence-electron chi connectivity index (χ1n) is 6.90. The minimum atomic E-state index is -1.27. The van der Waals surface area contributed by atoms with E-state index in [1.54, 1.807) is 13.0 Å². The third kappa shape index (κ3) is 2.40. The summed E-state index contributed by atoms with van der Waals surface area (Å²) in [5, 5.41) is 13.9. The van der Waals surface area contributed by atoms with Crippen LogP contribution in [0.2, 0.25) is 0 Å². The molecular formula is C15H15FNO4-. The van der Waals surface area contributed by atoms with Crippen LogP contribution in [0.25, 0.3) is 0 Å². The van der Waals surface area contributed by atoms with Crippen molar-refractivity contribution < 1.29 is 23.8 Å². The number of ether oxygens (including phenoxy) is 1. The molecule has 2 aliphatic heterocycles. The number of carbonyl (C=O) groups excluding carboxylic acids is 2. The number of fused-ring (bicyclic) bond motifs is 2. The second kappa shape index (κ2) is 5.11. The Balaban J connectivity index is 1.81. The highest BCUT2D eigenvalue weighted by Gasteiger charge is 2.52. The summed E-state index contributed by atoms with van der Waals surface area (Å²) < 4.78 is 18.8. The van der Waals surface area contributed by atoms with Gasteiger partial charge in [-0.25, -0.2) is 4.39 Å². The molecule has 1 aromatic carbocycles. The van der Waals surface area contributed by atoms with Gasteiger partial charge in [0.2, 0.25) is 5.91 Å². The number of aliphatic carboxylic acids is 1. The second-order valence-electron chi connectivity index (χ2n) is 5.61. The molecule has 0 spiro atoms. The zero-order chi connectivity index (χ0) is 15.1. The molecule has 0 unspecified atom stereocenters. The number of carbonyl (C=O) groups is 2. The second-order valence-corrected chi connectivity index (χ2v) is 5.61. The topological polar surface area (TPSA) is 78.5 Å². The predicted octanol–water partition coefficient (Wildman–Crippen LogP) is 0.616. The van der Waals surface area contributed by atoms with E-state index in [2.05, 4.69) is 5.32 Å². The third-order valence-corrected chi connectivity index (χ3v) is 4.31. The summed E-state index contributed by atoms with van der Waals surface area (Å²) in [6, 6.07) is 4.07. The minimum Gasteiger partial charge on any atom is -0.550 e. The van der Waals surface area contributed by atoms with Gasteiger partial charge in [0.15, 0.2) is 0 Å². The largest absolute Gasteiger partial charge is 0.550 e. The number of hydrogen-bond acceptors (Lipinski definition) is 4. The molecule has 21 heavy (non-hydrogen) atoms. The molecule has 1 amide bonds. The summed E-state index contributed by atoms with van der Waals surface area (Å²) in [6.07, 6.45) is 0.442. The maximum absolute atomic E-state index is 13.2. The molecule has 0 aliphatic carbocycles. The molecule has 0 saturated carbocycles. The normalized spacial score (nSPS) is 30.4. The number of nitrogens with one attached hydrogen (secondary N) is 1. The van der Waals surface area contributed by atoms with Gasteiger partial charge in [-0.2, -0.15) is 0 Å². The minimum absolute atomic E-state index is 0.347. The lowest BCUT2D eigenvalue weighted by molar-refractivity contribution is -0.313. The summed E-state index contributed by atoms with van der Waals surface area (Å²) in [4.78, 5) is 23.6. The van der Waals surface area contributed by atoms with E-state index in [4.69, 9.17) is 4.74 Å². The Morgan fingerprint density at radius 1 is 1.29 bits per heavy atom. The lowest BCUT2D eigenvalue weighted by Crippen LogP contribution is -2.46. The molecule has 2 bridgehead atoms. The van der Waals surface area contributed by atoms with Gasteiger partial charge in [-0.05, 0) is 37.5 Å². The Hall–Kier alpha value is -1.95. The van der Waals surface area contributed by atoms with Crippen LogP contribution in [-0.4, -0.2) is 24.1 Å². The molecule has 2 fully saturated rings. The van der Waals surface area contributed by atoms with Crippen molar-refractivity contribution in [2.24, 2.45) is 11.8 Å². The molecule has 2 saturated heterocycles. The van der Waals surface area contributed by atoms with Gasteiger partial charge >= 0.3 is 0 Å². The van der Waals surface area contributed by atoms with E-state index in [1.165, 1.54) is 12.1 Å². The van der Waals surface area contributed by atoms with E-state index >= 15 is 0 Å². The zero-order valence-electron chi connectivity index (χ0n) is 11.5. The molecule has 2 aliphatic rings. The Morgan fingerprint density at radius 3 is 2.62 bits per heavy atom. The summed E-state index contributed by atoms with van der Waals surface area (Å²) in [5.74, 6) is -3.89. The van der Waals surface area contributed by atoms with E-state index in [1.807, 2.05) is 0 Å². The van der Waals surface area contributed by atoms with Gasteiger partial charge in [0.25, 0.3) is 0 Å². The van der Waals surface area contributed by atoms with Gasteiger partial charge < -0.3 is 20.0 Å². The van der Waals surface area contributed by atoms with Crippen molar-refractivity contribution in [2.45, 2.75) is 32.0 Å². The summed E-state index contributed by atoms with van der Waals surface area (Å²) >= 11 is 0. The van der Waals surface area contributed by atoms with Crippen LogP contribution < -0.4 is 10.4 Å². The predicted molar refractivity (Wildman–Crippen MR) is 69.6 cm³/mol. The number of halogens is 1. The maximum atomic E-state index is 13.2. The molecule has 0 aromatic heterocycles. The third-order valence-electron chi connectivity index (χ3n) is 4.31. The fraction of sp³-hybridized carbons (Fsp3) is 0.467. The van der Waals surface area contributed by atoms with Crippen molar-refractivity contribution in [1.29, 1.82) is 0 Å². The first kappa shape index (κ1) is 14.0. The molecule has 1 aromatic rings. The van der Waals surface area contributed by atoms with Crippen molar-refractivity contribution in [3.8, 4) is 0 Å². The summed E-state index contributed by atoms with van der Waals surface area (Å²) in [7, 11) is 0. The summed E-state index contributed by atoms with van der Waals surface area (Å²) in [5.41, 5.74) is 1.05. The highest BCUT2D eigenvalue weighted by Crippen LogP contribution is 2.43. The summed E-state index contributed by atoms with van der Waals surface area (Å²) in [6.45, 7) is 1.74. The van der Waals surface area contributed by atoms with E-state index in [0.29, 0.717) is 24.1 Å². The number of rotatable bonds is 3. The van der Waals surface area contributed by atoms with Gasteiger partial charge in [0.05, 0.1) is 18.1 Å². The van der Waals surface area contributed by atoms with E-state index in [0.717, 1.165) is 0 Å². The zero-order valence-corrected chi connectivity index (χ0v) is 11.5.